The molecule has 0 aliphatic rings. The summed E-state index contributed by atoms with van der Waals surface area (Å²) in [6, 6.07) is 6.64. The minimum atomic E-state index is -3.86. The summed E-state index contributed by atoms with van der Waals surface area (Å²) in [6.07, 6.45) is 0. The van der Waals surface area contributed by atoms with Crippen LogP contribution in [0.2, 0.25) is 5.02 Å². The van der Waals surface area contributed by atoms with Gasteiger partial charge in [-0.15, -0.1) is 0 Å². The van der Waals surface area contributed by atoms with Gasteiger partial charge >= 0.3 is 5.69 Å². The standard InChI is InChI=1S/C16H16ClFN2O5S/c1-3-19(4-2)26(23,24)12-6-8-16(14(10-12)20(21)22)25-15-7-5-11(18)9-13(15)17/h5-10H,3-4H2,1-2H3. The highest BCUT2D eigenvalue weighted by molar-refractivity contribution is 7.89. The largest absolute Gasteiger partial charge is 0.449 e. The first-order valence-electron chi connectivity index (χ1n) is 7.62. The molecule has 0 unspecified atom stereocenters. The Hall–Kier alpha value is -2.23. The lowest BCUT2D eigenvalue weighted by Crippen LogP contribution is -2.30. The number of nitro groups is 1. The monoisotopic (exact) mass is 402 g/mol. The molecule has 0 aromatic heterocycles. The minimum Gasteiger partial charge on any atom is -0.449 e. The van der Waals surface area contributed by atoms with E-state index in [0.717, 1.165) is 18.2 Å². The number of halogens is 2. The topological polar surface area (TPSA) is 89.8 Å². The lowest BCUT2D eigenvalue weighted by molar-refractivity contribution is -0.385. The number of hydrogen-bond acceptors (Lipinski definition) is 5. The van der Waals surface area contributed by atoms with E-state index in [1.54, 1.807) is 13.8 Å². The molecule has 2 aromatic carbocycles. The lowest BCUT2D eigenvalue weighted by Gasteiger charge is -2.18. The number of sulfonamides is 1. The molecule has 0 bridgehead atoms. The summed E-state index contributed by atoms with van der Waals surface area (Å²) in [6.45, 7) is 3.80. The van der Waals surface area contributed by atoms with Crippen LogP contribution in [0, 0.1) is 15.9 Å². The van der Waals surface area contributed by atoms with E-state index in [1.807, 2.05) is 0 Å². The van der Waals surface area contributed by atoms with Gasteiger partial charge in [-0.05, 0) is 30.3 Å². The molecular formula is C16H16ClFN2O5S. The Morgan fingerprint density at radius 1 is 1.15 bits per heavy atom. The number of benzene rings is 2. The molecule has 26 heavy (non-hydrogen) atoms. The molecule has 0 heterocycles. The molecule has 0 amide bonds. The lowest BCUT2D eigenvalue weighted by atomic mass is 10.3. The van der Waals surface area contributed by atoms with Gasteiger partial charge in [0.25, 0.3) is 0 Å². The van der Waals surface area contributed by atoms with Crippen LogP contribution in [0.1, 0.15) is 13.8 Å². The van der Waals surface area contributed by atoms with Gasteiger partial charge in [0.2, 0.25) is 15.8 Å². The van der Waals surface area contributed by atoms with Crippen LogP contribution in [0.15, 0.2) is 41.3 Å². The second-order valence-electron chi connectivity index (χ2n) is 5.15. The van der Waals surface area contributed by atoms with Crippen molar-refractivity contribution in [2.75, 3.05) is 13.1 Å². The minimum absolute atomic E-state index is 0.00974. The average molecular weight is 403 g/mol. The summed E-state index contributed by atoms with van der Waals surface area (Å²) in [5, 5.41) is 11.3. The Labute approximate surface area is 155 Å². The maximum atomic E-state index is 13.1. The van der Waals surface area contributed by atoms with Gasteiger partial charge in [0, 0.05) is 19.2 Å². The third-order valence-corrected chi connectivity index (χ3v) is 5.93. The van der Waals surface area contributed by atoms with Gasteiger partial charge in [-0.3, -0.25) is 10.1 Å². The number of rotatable bonds is 7. The average Bonchev–Trinajstić information content (AvgIpc) is 2.58. The zero-order valence-electron chi connectivity index (χ0n) is 14.0. The number of nitro benzene ring substituents is 1. The summed E-state index contributed by atoms with van der Waals surface area (Å²) in [5.41, 5.74) is -0.543. The molecule has 140 valence electrons. The zero-order valence-corrected chi connectivity index (χ0v) is 15.6. The quantitative estimate of drug-likeness (QED) is 0.511. The fraction of sp³-hybridized carbons (Fsp3) is 0.250. The highest BCUT2D eigenvalue weighted by Gasteiger charge is 2.26. The van der Waals surface area contributed by atoms with Gasteiger partial charge in [-0.25, -0.2) is 12.8 Å². The van der Waals surface area contributed by atoms with Crippen LogP contribution in [0.4, 0.5) is 10.1 Å². The second kappa shape index (κ2) is 7.98. The van der Waals surface area contributed by atoms with Gasteiger partial charge in [-0.2, -0.15) is 4.31 Å². The van der Waals surface area contributed by atoms with Crippen LogP contribution >= 0.6 is 11.6 Å². The molecular weight excluding hydrogens is 387 g/mol. The van der Waals surface area contributed by atoms with E-state index in [9.17, 15) is 22.9 Å². The molecule has 0 spiro atoms. The second-order valence-corrected chi connectivity index (χ2v) is 7.50. The molecule has 10 heteroatoms. The van der Waals surface area contributed by atoms with Crippen molar-refractivity contribution in [3.05, 3.63) is 57.4 Å². The van der Waals surface area contributed by atoms with E-state index < -0.39 is 26.5 Å². The van der Waals surface area contributed by atoms with E-state index in [2.05, 4.69) is 0 Å². The third-order valence-electron chi connectivity index (χ3n) is 3.58. The Kier molecular flexibility index (Phi) is 6.17. The summed E-state index contributed by atoms with van der Waals surface area (Å²) >= 11 is 5.86. The summed E-state index contributed by atoms with van der Waals surface area (Å²) in [5.74, 6) is -0.782. The molecule has 0 aliphatic heterocycles. The van der Waals surface area contributed by atoms with Gasteiger partial charge in [0.1, 0.15) is 11.6 Å². The van der Waals surface area contributed by atoms with Crippen LogP contribution in [-0.2, 0) is 10.0 Å². The number of nitrogens with zero attached hydrogens (tertiary/aromatic N) is 2. The van der Waals surface area contributed by atoms with Crippen molar-refractivity contribution in [1.29, 1.82) is 0 Å². The molecule has 0 saturated heterocycles. The van der Waals surface area contributed by atoms with Crippen LogP contribution in [0.3, 0.4) is 0 Å². The van der Waals surface area contributed by atoms with E-state index in [4.69, 9.17) is 16.3 Å². The molecule has 2 rings (SSSR count). The fourth-order valence-electron chi connectivity index (χ4n) is 2.28. The van der Waals surface area contributed by atoms with Crippen molar-refractivity contribution < 1.29 is 22.5 Å². The first-order chi connectivity index (χ1) is 12.2. The Morgan fingerprint density at radius 3 is 2.31 bits per heavy atom. The normalized spacial score (nSPS) is 11.6. The smallest absolute Gasteiger partial charge is 0.312 e. The molecule has 0 atom stereocenters. The van der Waals surface area contributed by atoms with Crippen LogP contribution in [0.5, 0.6) is 11.5 Å². The first-order valence-corrected chi connectivity index (χ1v) is 9.44. The van der Waals surface area contributed by atoms with Crippen molar-refractivity contribution in [3.63, 3.8) is 0 Å². The molecule has 2 aromatic rings. The van der Waals surface area contributed by atoms with Crippen LogP contribution < -0.4 is 4.74 Å². The molecule has 0 saturated carbocycles. The van der Waals surface area contributed by atoms with Crippen molar-refractivity contribution in [2.45, 2.75) is 18.7 Å². The van der Waals surface area contributed by atoms with Crippen molar-refractivity contribution in [2.24, 2.45) is 0 Å². The highest BCUT2D eigenvalue weighted by atomic mass is 35.5. The Bertz CT molecular complexity index is 932. The van der Waals surface area contributed by atoms with Crippen LogP contribution in [0.25, 0.3) is 0 Å². The van der Waals surface area contributed by atoms with Crippen molar-refractivity contribution in [3.8, 4) is 11.5 Å². The third kappa shape index (κ3) is 4.12. The first kappa shape index (κ1) is 20.1. The number of hydrogen-bond donors (Lipinski definition) is 0. The summed E-state index contributed by atoms with van der Waals surface area (Å²) in [7, 11) is -3.86. The predicted octanol–water partition coefficient (Wildman–Crippen LogP) is 4.21. The molecule has 0 fully saturated rings. The number of ether oxygens (including phenoxy) is 1. The Morgan fingerprint density at radius 2 is 1.77 bits per heavy atom. The predicted molar refractivity (Wildman–Crippen MR) is 94.7 cm³/mol. The fourth-order valence-corrected chi connectivity index (χ4v) is 3.96. The van der Waals surface area contributed by atoms with Crippen molar-refractivity contribution >= 4 is 27.3 Å². The molecule has 0 aliphatic carbocycles. The summed E-state index contributed by atoms with van der Waals surface area (Å²) < 4.78 is 44.7. The van der Waals surface area contributed by atoms with E-state index in [1.165, 1.54) is 22.5 Å². The Balaban J connectivity index is 2.48. The molecule has 7 nitrogen and oxygen atoms in total. The maximum Gasteiger partial charge on any atom is 0.312 e. The van der Waals surface area contributed by atoms with Gasteiger partial charge in [0.05, 0.1) is 14.8 Å². The van der Waals surface area contributed by atoms with E-state index in [0.29, 0.717) is 0 Å². The molecule has 0 radical (unpaired) electrons. The zero-order chi connectivity index (χ0) is 19.5. The van der Waals surface area contributed by atoms with Crippen molar-refractivity contribution in [1.82, 2.24) is 4.31 Å². The van der Waals surface area contributed by atoms with Crippen LogP contribution in [-0.4, -0.2) is 30.7 Å². The van der Waals surface area contributed by atoms with E-state index in [-0.39, 0.29) is 34.5 Å². The highest BCUT2D eigenvalue weighted by Crippen LogP contribution is 2.36. The van der Waals surface area contributed by atoms with Gasteiger partial charge < -0.3 is 4.74 Å². The van der Waals surface area contributed by atoms with Gasteiger partial charge in [0.15, 0.2) is 0 Å². The SMILES string of the molecule is CCN(CC)S(=O)(=O)c1ccc(Oc2ccc(F)cc2Cl)c([N+](=O)[O-])c1. The van der Waals surface area contributed by atoms with E-state index >= 15 is 0 Å². The molecule has 0 N–H and O–H groups in total. The van der Waals surface area contributed by atoms with Gasteiger partial charge in [-0.1, -0.05) is 25.4 Å². The summed E-state index contributed by atoms with van der Waals surface area (Å²) in [4.78, 5) is 10.4. The maximum absolute atomic E-state index is 13.1.